The van der Waals surface area contributed by atoms with Crippen molar-refractivity contribution in [2.24, 2.45) is 0 Å². The van der Waals surface area contributed by atoms with Crippen molar-refractivity contribution in [3.05, 3.63) is 76.3 Å². The van der Waals surface area contributed by atoms with Crippen molar-refractivity contribution in [3.8, 4) is 0 Å². The van der Waals surface area contributed by atoms with Gasteiger partial charge in [0.05, 0.1) is 0 Å². The van der Waals surface area contributed by atoms with Crippen molar-refractivity contribution in [2.45, 2.75) is 0 Å². The number of benzene rings is 2. The Morgan fingerprint density at radius 3 is 2.14 bits per heavy atom. The molecule has 22 heavy (non-hydrogen) atoms. The molecule has 2 aromatic carbocycles. The van der Waals surface area contributed by atoms with E-state index >= 15 is 0 Å². The van der Waals surface area contributed by atoms with Gasteiger partial charge in [-0.15, -0.1) is 0 Å². The van der Waals surface area contributed by atoms with E-state index in [4.69, 9.17) is 57.3 Å². The van der Waals surface area contributed by atoms with Gasteiger partial charge in [-0.3, -0.25) is 0 Å². The van der Waals surface area contributed by atoms with Gasteiger partial charge in [-0.1, -0.05) is 0 Å². The van der Waals surface area contributed by atoms with Gasteiger partial charge in [0.2, 0.25) is 0 Å². The molecule has 0 atom stereocenters. The summed E-state index contributed by atoms with van der Waals surface area (Å²) in [5.41, 5.74) is 1.57. The molecule has 1 aliphatic rings. The Kier molecular flexibility index (Phi) is 4.32. The van der Waals surface area contributed by atoms with Crippen LogP contribution in [0.4, 0.5) is 0 Å². The molecule has 3 rings (SSSR count). The zero-order valence-corrected chi connectivity index (χ0v) is 15.8. The van der Waals surface area contributed by atoms with Gasteiger partial charge in [-0.05, 0) is 0 Å². The summed E-state index contributed by atoms with van der Waals surface area (Å²) < 4.78 is 0.256. The molecule has 0 aromatic heterocycles. The van der Waals surface area contributed by atoms with E-state index in [1.54, 1.807) is 5.82 Å². The molecule has 0 saturated carbocycles. The van der Waals surface area contributed by atoms with Crippen LogP contribution in [-0.2, 0) is 0 Å². The summed E-state index contributed by atoms with van der Waals surface area (Å²) in [5, 5.41) is -2.19. The first kappa shape index (κ1) is 16.7. The van der Waals surface area contributed by atoms with E-state index in [1.165, 1.54) is 0 Å². The van der Waals surface area contributed by atoms with Crippen LogP contribution in [0.1, 0.15) is 11.1 Å². The van der Waals surface area contributed by atoms with E-state index in [-0.39, 0.29) is 4.77 Å². The van der Waals surface area contributed by atoms with Crippen molar-refractivity contribution in [1.82, 2.24) is 0 Å². The van der Waals surface area contributed by atoms with E-state index in [0.717, 1.165) is 16.4 Å². The zero-order chi connectivity index (χ0) is 16.0. The van der Waals surface area contributed by atoms with E-state index in [2.05, 4.69) is 0 Å². The average Bonchev–Trinajstić information content (AvgIpc) is 2.68. The molecule has 0 amide bonds. The Morgan fingerprint density at radius 1 is 0.864 bits per heavy atom. The minimum absolute atomic E-state index is 0.256. The van der Waals surface area contributed by atoms with E-state index in [1.807, 2.05) is 54.6 Å². The Bertz CT molecular complexity index is 808. The molecule has 0 aliphatic carbocycles. The third-order valence-corrected chi connectivity index (χ3v) is 12.0. The monoisotopic (exact) mass is 408 g/mol. The number of rotatable bonds is 2. The van der Waals surface area contributed by atoms with Crippen molar-refractivity contribution in [2.75, 3.05) is 0 Å². The second kappa shape index (κ2) is 5.71. The first-order valence-electron chi connectivity index (χ1n) is 6.39. The predicted octanol–water partition coefficient (Wildman–Crippen LogP) is 7.53. The molecule has 0 unspecified atom stereocenters. The normalized spacial score (nSPS) is 21.1. The maximum atomic E-state index is 6.91. The van der Waals surface area contributed by atoms with Gasteiger partial charge in [0.1, 0.15) is 0 Å². The van der Waals surface area contributed by atoms with Crippen molar-refractivity contribution in [1.29, 1.82) is 0 Å². The predicted molar refractivity (Wildman–Crippen MR) is 104 cm³/mol. The summed E-state index contributed by atoms with van der Waals surface area (Å²) in [7, 11) is 0. The van der Waals surface area contributed by atoms with Crippen molar-refractivity contribution in [3.63, 3.8) is 0 Å². The summed E-state index contributed by atoms with van der Waals surface area (Å²) in [6.07, 6.45) is 0. The van der Waals surface area contributed by atoms with E-state index in [0.29, 0.717) is 10.1 Å². The fraction of sp³-hybridized carbons (Fsp3) is 0. The summed E-state index contributed by atoms with van der Waals surface area (Å²) in [6, 6.07) is 16.9. The van der Waals surface area contributed by atoms with Gasteiger partial charge in [-0.25, -0.2) is 0 Å². The topological polar surface area (TPSA) is 0 Å². The molecule has 114 valence electrons. The molecular weight excluding hydrogens is 400 g/mol. The van der Waals surface area contributed by atoms with Gasteiger partial charge in [0.15, 0.2) is 0 Å². The molecule has 0 fully saturated rings. The van der Waals surface area contributed by atoms with Crippen LogP contribution in [0.25, 0.3) is 10.1 Å². The van der Waals surface area contributed by atoms with Crippen LogP contribution in [0.3, 0.4) is 0 Å². The van der Waals surface area contributed by atoms with Crippen LogP contribution in [0.2, 0.25) is 0 Å². The molecule has 0 nitrogen and oxygen atoms in total. The van der Waals surface area contributed by atoms with E-state index < -0.39 is 5.31 Å². The quantitative estimate of drug-likeness (QED) is 0.449. The maximum absolute atomic E-state index is 6.91. The molecule has 6 heteroatoms. The average molecular weight is 410 g/mol. The number of hydrogen-bond donors (Lipinski definition) is 0. The molecule has 1 aliphatic heterocycles. The SMILES string of the molecule is ClC1=C(Cl)P(Cl)(Cl)(/C=C(\Cl)c2ccccc2)c2ccccc21. The molecular formula is C16H10Cl5P. The van der Waals surface area contributed by atoms with Crippen LogP contribution in [0.15, 0.2) is 65.2 Å². The summed E-state index contributed by atoms with van der Waals surface area (Å²) in [5.74, 6) is 1.65. The number of fused-ring (bicyclic) bond motifs is 1. The minimum atomic E-state index is -3.75. The zero-order valence-electron chi connectivity index (χ0n) is 11.1. The van der Waals surface area contributed by atoms with Gasteiger partial charge in [0, 0.05) is 0 Å². The van der Waals surface area contributed by atoms with Crippen LogP contribution < -0.4 is 5.30 Å². The van der Waals surface area contributed by atoms with Crippen LogP contribution >= 0.6 is 62.6 Å². The fourth-order valence-corrected chi connectivity index (χ4v) is 9.42. The fourth-order valence-electron chi connectivity index (χ4n) is 2.41. The first-order chi connectivity index (χ1) is 10.3. The third kappa shape index (κ3) is 2.51. The molecule has 2 aromatic rings. The van der Waals surface area contributed by atoms with Gasteiger partial charge < -0.3 is 0 Å². The first-order valence-corrected chi connectivity index (χ1v) is 11.6. The van der Waals surface area contributed by atoms with Crippen molar-refractivity contribution < 1.29 is 0 Å². The number of halogens is 5. The third-order valence-electron chi connectivity index (χ3n) is 3.51. The second-order valence-electron chi connectivity index (χ2n) is 4.93. The summed E-state index contributed by atoms with van der Waals surface area (Å²) in [6.45, 7) is 0. The number of hydrogen-bond acceptors (Lipinski definition) is 0. The standard InChI is InChI=1S/C16H10Cl5P/c17-13(11-6-2-1-3-7-11)10-22(20,21)14-9-5-4-8-12(14)15(18)16(22)19/h1-10H/b13-10-. The molecule has 0 bridgehead atoms. The molecule has 0 radical (unpaired) electrons. The van der Waals surface area contributed by atoms with Crippen LogP contribution in [0.5, 0.6) is 0 Å². The van der Waals surface area contributed by atoms with Crippen LogP contribution in [-0.4, -0.2) is 0 Å². The van der Waals surface area contributed by atoms with E-state index in [9.17, 15) is 0 Å². The Hall–Kier alpha value is -0.200. The Balaban J connectivity index is 2.24. The summed E-state index contributed by atoms with van der Waals surface area (Å²) in [4.78, 5) is 0. The van der Waals surface area contributed by atoms with Crippen LogP contribution in [0, 0.1) is 0 Å². The van der Waals surface area contributed by atoms with Gasteiger partial charge in [0.25, 0.3) is 0 Å². The Labute approximate surface area is 153 Å². The molecule has 0 spiro atoms. The Morgan fingerprint density at radius 2 is 1.45 bits per heavy atom. The van der Waals surface area contributed by atoms with Gasteiger partial charge in [-0.2, -0.15) is 0 Å². The van der Waals surface area contributed by atoms with Crippen molar-refractivity contribution >= 4 is 78.0 Å². The second-order valence-corrected chi connectivity index (χ2v) is 14.2. The molecule has 0 saturated heterocycles. The molecule has 0 N–H and O–H groups in total. The molecule has 1 heterocycles. The van der Waals surface area contributed by atoms with Gasteiger partial charge >= 0.3 is 154 Å². The summed E-state index contributed by atoms with van der Waals surface area (Å²) >= 11 is 33.0.